The van der Waals surface area contributed by atoms with E-state index in [4.69, 9.17) is 9.47 Å². The second-order valence-electron chi connectivity index (χ2n) is 3.60. The van der Waals surface area contributed by atoms with E-state index in [1.807, 2.05) is 24.3 Å². The van der Waals surface area contributed by atoms with Gasteiger partial charge in [0, 0.05) is 19.5 Å². The van der Waals surface area contributed by atoms with Gasteiger partial charge in [0.25, 0.3) is 0 Å². The first kappa shape index (κ1) is 13.5. The number of nitrogens with one attached hydrogen (secondary N) is 1. The van der Waals surface area contributed by atoms with Crippen LogP contribution in [0.25, 0.3) is 0 Å². The normalized spacial score (nSPS) is 10.0. The Morgan fingerprint density at radius 2 is 2.24 bits per heavy atom. The van der Waals surface area contributed by atoms with Gasteiger partial charge in [0.15, 0.2) is 0 Å². The Morgan fingerprint density at radius 3 is 2.94 bits per heavy atom. The van der Waals surface area contributed by atoms with Crippen molar-refractivity contribution < 1.29 is 14.3 Å². The van der Waals surface area contributed by atoms with Gasteiger partial charge in [-0.3, -0.25) is 4.79 Å². The van der Waals surface area contributed by atoms with Crippen molar-refractivity contribution in [1.29, 1.82) is 0 Å². The summed E-state index contributed by atoms with van der Waals surface area (Å²) in [7, 11) is 1.65. The first-order valence-corrected chi connectivity index (χ1v) is 5.75. The van der Waals surface area contributed by atoms with Crippen molar-refractivity contribution in [1.82, 2.24) is 5.32 Å². The van der Waals surface area contributed by atoms with Crippen LogP contribution in [0.2, 0.25) is 0 Å². The minimum absolute atomic E-state index is 0.159. The minimum Gasteiger partial charge on any atom is -0.497 e. The summed E-state index contributed by atoms with van der Waals surface area (Å²) in [5.41, 5.74) is 1.14. The number of hydrogen-bond acceptors (Lipinski definition) is 4. The zero-order chi connectivity index (χ0) is 12.5. The van der Waals surface area contributed by atoms with Crippen molar-refractivity contribution >= 4 is 5.97 Å². The zero-order valence-electron chi connectivity index (χ0n) is 10.4. The maximum Gasteiger partial charge on any atom is 0.305 e. The summed E-state index contributed by atoms with van der Waals surface area (Å²) in [4.78, 5) is 10.9. The first-order chi connectivity index (χ1) is 8.26. The Balaban J connectivity index is 2.19. The van der Waals surface area contributed by atoms with Gasteiger partial charge in [-0.25, -0.2) is 0 Å². The molecular formula is C13H19NO3. The number of carbonyl (C=O) groups excluding carboxylic acids is 1. The fraction of sp³-hybridized carbons (Fsp3) is 0.462. The van der Waals surface area contributed by atoms with E-state index in [0.717, 1.165) is 17.9 Å². The molecule has 0 radical (unpaired) electrons. The van der Waals surface area contributed by atoms with E-state index in [1.54, 1.807) is 14.0 Å². The third-order valence-electron chi connectivity index (χ3n) is 2.29. The van der Waals surface area contributed by atoms with E-state index in [0.29, 0.717) is 19.6 Å². The van der Waals surface area contributed by atoms with E-state index in [-0.39, 0.29) is 5.97 Å². The molecule has 0 spiro atoms. The van der Waals surface area contributed by atoms with Crippen LogP contribution in [0.4, 0.5) is 0 Å². The third kappa shape index (κ3) is 5.36. The number of ether oxygens (including phenoxy) is 2. The molecule has 0 aliphatic carbocycles. The molecule has 0 aliphatic heterocycles. The molecule has 4 heteroatoms. The SMILES string of the molecule is CCC(=O)OCCNCc1cccc(OC)c1. The lowest BCUT2D eigenvalue weighted by molar-refractivity contribution is -0.143. The van der Waals surface area contributed by atoms with E-state index in [2.05, 4.69) is 5.32 Å². The number of hydrogen-bond donors (Lipinski definition) is 1. The van der Waals surface area contributed by atoms with Gasteiger partial charge < -0.3 is 14.8 Å². The molecule has 0 amide bonds. The number of esters is 1. The Bertz CT molecular complexity index is 352. The van der Waals surface area contributed by atoms with E-state index in [1.165, 1.54) is 0 Å². The predicted molar refractivity (Wildman–Crippen MR) is 66.0 cm³/mol. The van der Waals surface area contributed by atoms with Gasteiger partial charge in [-0.05, 0) is 17.7 Å². The molecule has 0 atom stereocenters. The summed E-state index contributed by atoms with van der Waals surface area (Å²) in [5.74, 6) is 0.690. The molecule has 17 heavy (non-hydrogen) atoms. The molecule has 1 aromatic rings. The Hall–Kier alpha value is -1.55. The van der Waals surface area contributed by atoms with E-state index >= 15 is 0 Å². The summed E-state index contributed by atoms with van der Waals surface area (Å²) < 4.78 is 10.1. The van der Waals surface area contributed by atoms with Gasteiger partial charge in [-0.15, -0.1) is 0 Å². The highest BCUT2D eigenvalue weighted by atomic mass is 16.5. The first-order valence-electron chi connectivity index (χ1n) is 5.75. The van der Waals surface area contributed by atoms with Gasteiger partial charge in [-0.1, -0.05) is 19.1 Å². The standard InChI is InChI=1S/C13H19NO3/c1-3-13(15)17-8-7-14-10-11-5-4-6-12(9-11)16-2/h4-6,9,14H,3,7-8,10H2,1-2H3. The number of rotatable bonds is 7. The highest BCUT2D eigenvalue weighted by molar-refractivity contribution is 5.68. The molecule has 4 nitrogen and oxygen atoms in total. The molecule has 1 aromatic carbocycles. The topological polar surface area (TPSA) is 47.6 Å². The van der Waals surface area contributed by atoms with Gasteiger partial charge in [-0.2, -0.15) is 0 Å². The third-order valence-corrected chi connectivity index (χ3v) is 2.29. The summed E-state index contributed by atoms with van der Waals surface area (Å²) in [6.45, 7) is 3.59. The van der Waals surface area contributed by atoms with Crippen LogP contribution in [0.1, 0.15) is 18.9 Å². The molecule has 0 saturated heterocycles. The molecule has 0 bridgehead atoms. The summed E-state index contributed by atoms with van der Waals surface area (Å²) in [6, 6.07) is 7.86. The van der Waals surface area contributed by atoms with Crippen molar-refractivity contribution in [3.63, 3.8) is 0 Å². The van der Waals surface area contributed by atoms with Crippen molar-refractivity contribution in [2.24, 2.45) is 0 Å². The Morgan fingerprint density at radius 1 is 1.41 bits per heavy atom. The van der Waals surface area contributed by atoms with Crippen LogP contribution in [-0.2, 0) is 16.1 Å². The number of methoxy groups -OCH3 is 1. The van der Waals surface area contributed by atoms with Crippen molar-refractivity contribution in [2.45, 2.75) is 19.9 Å². The molecule has 94 valence electrons. The molecule has 1 rings (SSSR count). The molecule has 0 aromatic heterocycles. The monoisotopic (exact) mass is 237 g/mol. The summed E-state index contributed by atoms with van der Waals surface area (Å²) in [5, 5.41) is 3.20. The zero-order valence-corrected chi connectivity index (χ0v) is 10.4. The lowest BCUT2D eigenvalue weighted by atomic mass is 10.2. The fourth-order valence-electron chi connectivity index (χ4n) is 1.35. The lowest BCUT2D eigenvalue weighted by Gasteiger charge is -2.07. The van der Waals surface area contributed by atoms with Gasteiger partial charge >= 0.3 is 5.97 Å². The van der Waals surface area contributed by atoms with E-state index < -0.39 is 0 Å². The molecule has 0 heterocycles. The van der Waals surface area contributed by atoms with Crippen LogP contribution in [0.5, 0.6) is 5.75 Å². The smallest absolute Gasteiger partial charge is 0.305 e. The van der Waals surface area contributed by atoms with Gasteiger partial charge in [0.2, 0.25) is 0 Å². The second kappa shape index (κ2) is 7.68. The molecule has 0 saturated carbocycles. The number of benzene rings is 1. The quantitative estimate of drug-likeness (QED) is 0.579. The Kier molecular flexibility index (Phi) is 6.10. The number of carbonyl (C=O) groups is 1. The molecule has 0 unspecified atom stereocenters. The van der Waals surface area contributed by atoms with Crippen LogP contribution in [0, 0.1) is 0 Å². The average molecular weight is 237 g/mol. The van der Waals surface area contributed by atoms with Crippen molar-refractivity contribution in [3.05, 3.63) is 29.8 Å². The van der Waals surface area contributed by atoms with Crippen LogP contribution in [0.15, 0.2) is 24.3 Å². The lowest BCUT2D eigenvalue weighted by Crippen LogP contribution is -2.20. The fourth-order valence-corrected chi connectivity index (χ4v) is 1.35. The predicted octanol–water partition coefficient (Wildman–Crippen LogP) is 1.74. The summed E-state index contributed by atoms with van der Waals surface area (Å²) >= 11 is 0. The van der Waals surface area contributed by atoms with Crippen LogP contribution < -0.4 is 10.1 Å². The maximum atomic E-state index is 10.9. The van der Waals surface area contributed by atoms with Crippen LogP contribution >= 0.6 is 0 Å². The molecule has 1 N–H and O–H groups in total. The Labute approximate surface area is 102 Å². The summed E-state index contributed by atoms with van der Waals surface area (Å²) in [6.07, 6.45) is 0.426. The van der Waals surface area contributed by atoms with Crippen LogP contribution in [0.3, 0.4) is 0 Å². The van der Waals surface area contributed by atoms with Crippen molar-refractivity contribution in [3.8, 4) is 5.75 Å². The second-order valence-corrected chi connectivity index (χ2v) is 3.60. The molecular weight excluding hydrogens is 218 g/mol. The maximum absolute atomic E-state index is 10.9. The van der Waals surface area contributed by atoms with Gasteiger partial charge in [0.1, 0.15) is 12.4 Å². The molecule has 0 aliphatic rings. The van der Waals surface area contributed by atoms with Gasteiger partial charge in [0.05, 0.1) is 7.11 Å². The highest BCUT2D eigenvalue weighted by Gasteiger charge is 1.98. The highest BCUT2D eigenvalue weighted by Crippen LogP contribution is 2.11. The van der Waals surface area contributed by atoms with Crippen molar-refractivity contribution in [2.75, 3.05) is 20.3 Å². The average Bonchev–Trinajstić information content (AvgIpc) is 2.38. The van der Waals surface area contributed by atoms with Crippen LogP contribution in [-0.4, -0.2) is 26.2 Å². The largest absolute Gasteiger partial charge is 0.497 e. The minimum atomic E-state index is -0.159. The molecule has 0 fully saturated rings. The van der Waals surface area contributed by atoms with E-state index in [9.17, 15) is 4.79 Å².